The van der Waals surface area contributed by atoms with Gasteiger partial charge in [-0.3, -0.25) is 4.79 Å². The fourth-order valence-electron chi connectivity index (χ4n) is 3.85. The van der Waals surface area contributed by atoms with E-state index in [0.29, 0.717) is 30.3 Å². The Labute approximate surface area is 173 Å². The van der Waals surface area contributed by atoms with Gasteiger partial charge in [0.05, 0.1) is 18.0 Å². The predicted octanol–water partition coefficient (Wildman–Crippen LogP) is 1.69. The number of halogens is 1. The maximum Gasteiger partial charge on any atom is 0.243 e. The van der Waals surface area contributed by atoms with Crippen molar-refractivity contribution >= 4 is 28.3 Å². The summed E-state index contributed by atoms with van der Waals surface area (Å²) in [5.41, 5.74) is 0.795. The van der Waals surface area contributed by atoms with E-state index in [9.17, 15) is 13.2 Å². The summed E-state index contributed by atoms with van der Waals surface area (Å²) in [7, 11) is -1.97. The molecular formula is C19H30ClN3O4S. The Bertz CT molecular complexity index is 781. The van der Waals surface area contributed by atoms with Crippen molar-refractivity contribution in [2.45, 2.75) is 43.5 Å². The number of sulfonamides is 1. The number of carbonyl (C=O) groups is 1. The molecule has 2 heterocycles. The number of nitrogens with one attached hydrogen (secondary N) is 2. The van der Waals surface area contributed by atoms with E-state index in [2.05, 4.69) is 10.6 Å². The van der Waals surface area contributed by atoms with Gasteiger partial charge in [0.2, 0.25) is 15.9 Å². The third kappa shape index (κ3) is 5.17. The molecule has 9 heteroatoms. The van der Waals surface area contributed by atoms with Crippen LogP contribution in [0.25, 0.3) is 0 Å². The molecule has 0 radical (unpaired) electrons. The number of piperidine rings is 1. The van der Waals surface area contributed by atoms with Gasteiger partial charge < -0.3 is 15.4 Å². The lowest BCUT2D eigenvalue weighted by Crippen LogP contribution is -2.46. The molecule has 28 heavy (non-hydrogen) atoms. The minimum Gasteiger partial charge on any atom is -0.496 e. The number of aryl methyl sites for hydroxylation is 1. The molecule has 0 spiro atoms. The molecule has 1 aromatic rings. The number of amides is 1. The van der Waals surface area contributed by atoms with E-state index >= 15 is 0 Å². The molecule has 3 rings (SSSR count). The topological polar surface area (TPSA) is 87.7 Å². The number of ether oxygens (including phenoxy) is 1. The van der Waals surface area contributed by atoms with E-state index in [-0.39, 0.29) is 30.3 Å². The van der Waals surface area contributed by atoms with E-state index in [1.807, 2.05) is 6.92 Å². The Kier molecular flexibility index (Phi) is 8.12. The van der Waals surface area contributed by atoms with E-state index in [4.69, 9.17) is 4.74 Å². The van der Waals surface area contributed by atoms with Gasteiger partial charge in [0.1, 0.15) is 5.75 Å². The Morgan fingerprint density at radius 1 is 1.32 bits per heavy atom. The first kappa shape index (κ1) is 22.9. The summed E-state index contributed by atoms with van der Waals surface area (Å²) in [6.45, 7) is 4.19. The molecule has 7 nitrogen and oxygen atoms in total. The van der Waals surface area contributed by atoms with Crippen LogP contribution in [-0.2, 0) is 14.8 Å². The zero-order valence-corrected chi connectivity index (χ0v) is 18.1. The fourth-order valence-corrected chi connectivity index (χ4v) is 5.49. The highest BCUT2D eigenvalue weighted by Gasteiger charge is 2.31. The Balaban J connectivity index is 0.00000280. The normalized spacial score (nSPS) is 23.1. The summed E-state index contributed by atoms with van der Waals surface area (Å²) >= 11 is 0. The van der Waals surface area contributed by atoms with Crippen LogP contribution >= 0.6 is 12.4 Å². The van der Waals surface area contributed by atoms with Gasteiger partial charge in [-0.05, 0) is 68.8 Å². The maximum absolute atomic E-state index is 13.0. The average molecular weight is 432 g/mol. The van der Waals surface area contributed by atoms with Gasteiger partial charge in [-0.2, -0.15) is 4.31 Å². The van der Waals surface area contributed by atoms with Gasteiger partial charge in [-0.1, -0.05) is 0 Å². The largest absolute Gasteiger partial charge is 0.496 e. The van der Waals surface area contributed by atoms with Gasteiger partial charge >= 0.3 is 0 Å². The second-order valence-electron chi connectivity index (χ2n) is 7.40. The Hall–Kier alpha value is -1.35. The van der Waals surface area contributed by atoms with Crippen molar-refractivity contribution < 1.29 is 17.9 Å². The molecule has 2 N–H and O–H groups in total. The summed E-state index contributed by atoms with van der Waals surface area (Å²) in [6.07, 6.45) is 3.62. The lowest BCUT2D eigenvalue weighted by atomic mass is 9.99. The number of carbonyl (C=O) groups excluding carboxylic acids is 1. The standard InChI is InChI=1S/C19H29N3O4S.ClH/c1-14-11-16(7-8-18(14)26-2)27(24,25)22-10-4-5-15(13-22)12-21-19(23)17-6-3-9-20-17;/h7-8,11,15,17,20H,3-6,9-10,12-13H2,1-2H3,(H,21,23);1H. The third-order valence-corrected chi connectivity index (χ3v) is 7.29. The van der Waals surface area contributed by atoms with Crippen molar-refractivity contribution in [2.24, 2.45) is 5.92 Å². The highest BCUT2D eigenvalue weighted by atomic mass is 35.5. The Morgan fingerprint density at radius 3 is 2.75 bits per heavy atom. The van der Waals surface area contributed by atoms with Gasteiger partial charge in [-0.25, -0.2) is 8.42 Å². The lowest BCUT2D eigenvalue weighted by Gasteiger charge is -2.32. The first-order valence-electron chi connectivity index (χ1n) is 9.57. The van der Waals surface area contributed by atoms with Crippen LogP contribution in [0.15, 0.2) is 23.1 Å². The third-order valence-electron chi connectivity index (χ3n) is 5.43. The SMILES string of the molecule is COc1ccc(S(=O)(=O)N2CCCC(CNC(=O)C3CCCN3)C2)cc1C.Cl. The number of hydrogen-bond donors (Lipinski definition) is 2. The molecule has 2 saturated heterocycles. The zero-order valence-electron chi connectivity index (χ0n) is 16.4. The number of nitrogens with zero attached hydrogens (tertiary/aromatic N) is 1. The summed E-state index contributed by atoms with van der Waals surface area (Å²) in [4.78, 5) is 12.5. The van der Waals surface area contributed by atoms with Crippen LogP contribution in [0.4, 0.5) is 0 Å². The number of methoxy groups -OCH3 is 1. The van der Waals surface area contributed by atoms with Crippen molar-refractivity contribution in [1.29, 1.82) is 0 Å². The molecule has 0 aromatic heterocycles. The molecule has 0 bridgehead atoms. The van der Waals surface area contributed by atoms with Gasteiger partial charge in [0.25, 0.3) is 0 Å². The van der Waals surface area contributed by atoms with Gasteiger partial charge in [0, 0.05) is 19.6 Å². The van der Waals surface area contributed by atoms with Crippen molar-refractivity contribution in [3.63, 3.8) is 0 Å². The summed E-state index contributed by atoms with van der Waals surface area (Å²) in [6, 6.07) is 4.85. The van der Waals surface area contributed by atoms with Crippen LogP contribution in [0.3, 0.4) is 0 Å². The molecule has 1 aromatic carbocycles. The minimum atomic E-state index is -3.54. The van der Waals surface area contributed by atoms with Crippen LogP contribution < -0.4 is 15.4 Å². The fraction of sp³-hybridized carbons (Fsp3) is 0.632. The molecule has 0 saturated carbocycles. The Morgan fingerprint density at radius 2 is 2.11 bits per heavy atom. The molecule has 2 fully saturated rings. The second kappa shape index (κ2) is 9.91. The first-order chi connectivity index (χ1) is 12.9. The van der Waals surface area contributed by atoms with Crippen molar-refractivity contribution in [1.82, 2.24) is 14.9 Å². The van der Waals surface area contributed by atoms with Crippen LogP contribution in [0.1, 0.15) is 31.2 Å². The maximum atomic E-state index is 13.0. The highest BCUT2D eigenvalue weighted by Crippen LogP contribution is 2.27. The predicted molar refractivity (Wildman–Crippen MR) is 110 cm³/mol. The van der Waals surface area contributed by atoms with Crippen LogP contribution in [0.5, 0.6) is 5.75 Å². The van der Waals surface area contributed by atoms with E-state index < -0.39 is 10.0 Å². The lowest BCUT2D eigenvalue weighted by molar-refractivity contribution is -0.123. The monoisotopic (exact) mass is 431 g/mol. The minimum absolute atomic E-state index is 0. The van der Waals surface area contributed by atoms with Crippen LogP contribution in [0.2, 0.25) is 0 Å². The molecular weight excluding hydrogens is 402 g/mol. The molecule has 2 aliphatic heterocycles. The smallest absolute Gasteiger partial charge is 0.243 e. The van der Waals surface area contributed by atoms with Crippen molar-refractivity contribution in [3.8, 4) is 5.75 Å². The molecule has 2 aliphatic rings. The summed E-state index contributed by atoms with van der Waals surface area (Å²) in [5.74, 6) is 0.838. The van der Waals surface area contributed by atoms with E-state index in [1.165, 1.54) is 0 Å². The highest BCUT2D eigenvalue weighted by molar-refractivity contribution is 7.89. The molecule has 0 aliphatic carbocycles. The number of rotatable bonds is 6. The quantitative estimate of drug-likeness (QED) is 0.715. The average Bonchev–Trinajstić information content (AvgIpc) is 3.21. The van der Waals surface area contributed by atoms with Gasteiger partial charge in [0.15, 0.2) is 0 Å². The molecule has 2 unspecified atom stereocenters. The molecule has 1 amide bonds. The number of benzene rings is 1. The first-order valence-corrected chi connectivity index (χ1v) is 11.0. The molecule has 158 valence electrons. The van der Waals surface area contributed by atoms with Crippen LogP contribution in [-0.4, -0.2) is 58.0 Å². The van der Waals surface area contributed by atoms with E-state index in [1.54, 1.807) is 29.6 Å². The summed E-state index contributed by atoms with van der Waals surface area (Å²) < 4.78 is 32.8. The van der Waals surface area contributed by atoms with Crippen molar-refractivity contribution in [2.75, 3.05) is 33.3 Å². The zero-order chi connectivity index (χ0) is 19.4. The number of hydrogen-bond acceptors (Lipinski definition) is 5. The van der Waals surface area contributed by atoms with Crippen LogP contribution in [0, 0.1) is 12.8 Å². The molecule has 2 atom stereocenters. The van der Waals surface area contributed by atoms with E-state index in [0.717, 1.165) is 37.8 Å². The van der Waals surface area contributed by atoms with Gasteiger partial charge in [-0.15, -0.1) is 12.4 Å². The summed E-state index contributed by atoms with van der Waals surface area (Å²) in [5, 5.41) is 6.18. The van der Waals surface area contributed by atoms with Crippen molar-refractivity contribution in [3.05, 3.63) is 23.8 Å². The second-order valence-corrected chi connectivity index (χ2v) is 9.33.